The van der Waals surface area contributed by atoms with Gasteiger partial charge in [-0.05, 0) is 40.8 Å². The Morgan fingerprint density at radius 3 is 2.62 bits per heavy atom. The molecule has 0 saturated heterocycles. The van der Waals surface area contributed by atoms with E-state index < -0.39 is 11.6 Å². The second kappa shape index (κ2) is 5.10. The number of hydrogen-bond donors (Lipinski definition) is 1. The van der Waals surface area contributed by atoms with E-state index in [4.69, 9.17) is 17.3 Å². The van der Waals surface area contributed by atoms with Crippen molar-refractivity contribution < 1.29 is 8.78 Å². The predicted molar refractivity (Wildman–Crippen MR) is 73.9 cm³/mol. The SMILES string of the molecule is Nc1ccc(Cl)c(-c2nnnn2-c2ccc(F)c(F)c2)c1. The molecule has 2 aromatic carbocycles. The second-order valence-corrected chi connectivity index (χ2v) is 4.66. The highest BCUT2D eigenvalue weighted by Crippen LogP contribution is 2.29. The van der Waals surface area contributed by atoms with E-state index in [1.54, 1.807) is 18.2 Å². The van der Waals surface area contributed by atoms with Crippen LogP contribution in [0.2, 0.25) is 5.02 Å². The van der Waals surface area contributed by atoms with E-state index >= 15 is 0 Å². The van der Waals surface area contributed by atoms with E-state index in [1.165, 1.54) is 10.7 Å². The minimum Gasteiger partial charge on any atom is -0.399 e. The minimum atomic E-state index is -0.993. The molecule has 0 spiro atoms. The third kappa shape index (κ3) is 2.43. The van der Waals surface area contributed by atoms with Crippen LogP contribution < -0.4 is 5.73 Å². The van der Waals surface area contributed by atoms with E-state index in [0.29, 0.717) is 16.3 Å². The van der Waals surface area contributed by atoms with Crippen molar-refractivity contribution in [2.45, 2.75) is 0 Å². The van der Waals surface area contributed by atoms with Gasteiger partial charge in [0.05, 0.1) is 10.7 Å². The number of rotatable bonds is 2. The Morgan fingerprint density at radius 2 is 1.86 bits per heavy atom. The van der Waals surface area contributed by atoms with E-state index in [1.807, 2.05) is 0 Å². The second-order valence-electron chi connectivity index (χ2n) is 4.25. The third-order valence-electron chi connectivity index (χ3n) is 2.85. The van der Waals surface area contributed by atoms with Gasteiger partial charge in [-0.15, -0.1) is 5.10 Å². The van der Waals surface area contributed by atoms with Gasteiger partial charge in [0.2, 0.25) is 0 Å². The molecule has 21 heavy (non-hydrogen) atoms. The van der Waals surface area contributed by atoms with Crippen molar-refractivity contribution in [2.75, 3.05) is 5.73 Å². The van der Waals surface area contributed by atoms with Gasteiger partial charge in [0.15, 0.2) is 17.5 Å². The summed E-state index contributed by atoms with van der Waals surface area (Å²) in [6.45, 7) is 0. The molecule has 0 bridgehead atoms. The smallest absolute Gasteiger partial charge is 0.188 e. The van der Waals surface area contributed by atoms with Crippen LogP contribution in [0, 0.1) is 11.6 Å². The van der Waals surface area contributed by atoms with Crippen LogP contribution in [0.25, 0.3) is 17.1 Å². The maximum absolute atomic E-state index is 13.3. The van der Waals surface area contributed by atoms with Gasteiger partial charge in [-0.3, -0.25) is 0 Å². The predicted octanol–water partition coefficient (Wildman–Crippen LogP) is 2.84. The van der Waals surface area contributed by atoms with Crippen molar-refractivity contribution in [3.63, 3.8) is 0 Å². The Balaban J connectivity index is 2.17. The number of nitrogens with zero attached hydrogens (tertiary/aromatic N) is 4. The molecule has 0 aliphatic rings. The number of nitrogens with two attached hydrogens (primary N) is 1. The third-order valence-corrected chi connectivity index (χ3v) is 3.18. The molecule has 2 N–H and O–H groups in total. The van der Waals surface area contributed by atoms with Crippen LogP contribution in [-0.4, -0.2) is 20.2 Å². The largest absolute Gasteiger partial charge is 0.399 e. The Morgan fingerprint density at radius 1 is 1.05 bits per heavy atom. The highest BCUT2D eigenvalue weighted by molar-refractivity contribution is 6.33. The Hall–Kier alpha value is -2.54. The van der Waals surface area contributed by atoms with Gasteiger partial charge in [0, 0.05) is 17.3 Å². The van der Waals surface area contributed by atoms with E-state index in [9.17, 15) is 8.78 Å². The van der Waals surface area contributed by atoms with Crippen LogP contribution in [-0.2, 0) is 0 Å². The van der Waals surface area contributed by atoms with Crippen LogP contribution in [0.1, 0.15) is 0 Å². The highest BCUT2D eigenvalue weighted by atomic mass is 35.5. The standard InChI is InChI=1S/C13H8ClF2N5/c14-10-3-1-7(17)5-9(10)13-18-19-20-21(13)8-2-4-11(15)12(16)6-8/h1-6H,17H2. The molecule has 0 aliphatic heterocycles. The number of tetrazole rings is 1. The molecular weight excluding hydrogens is 300 g/mol. The highest BCUT2D eigenvalue weighted by Gasteiger charge is 2.15. The normalized spacial score (nSPS) is 10.8. The first-order valence-electron chi connectivity index (χ1n) is 5.85. The summed E-state index contributed by atoms with van der Waals surface area (Å²) in [7, 11) is 0. The Bertz CT molecular complexity index is 818. The summed E-state index contributed by atoms with van der Waals surface area (Å²) < 4.78 is 27.6. The number of benzene rings is 2. The zero-order valence-corrected chi connectivity index (χ0v) is 11.2. The molecule has 0 saturated carbocycles. The molecule has 0 aliphatic carbocycles. The maximum Gasteiger partial charge on any atom is 0.188 e. The molecule has 106 valence electrons. The number of aromatic nitrogens is 4. The molecular formula is C13H8ClF2N5. The van der Waals surface area contributed by atoms with Crippen molar-refractivity contribution in [1.82, 2.24) is 20.2 Å². The summed E-state index contributed by atoms with van der Waals surface area (Å²) in [4.78, 5) is 0. The van der Waals surface area contributed by atoms with Crippen molar-refractivity contribution in [1.29, 1.82) is 0 Å². The van der Waals surface area contributed by atoms with Gasteiger partial charge >= 0.3 is 0 Å². The van der Waals surface area contributed by atoms with Crippen LogP contribution >= 0.6 is 11.6 Å². The van der Waals surface area contributed by atoms with Gasteiger partial charge in [-0.25, -0.2) is 8.78 Å². The van der Waals surface area contributed by atoms with Gasteiger partial charge in [-0.2, -0.15) is 4.68 Å². The maximum atomic E-state index is 13.3. The molecule has 5 nitrogen and oxygen atoms in total. The first-order chi connectivity index (χ1) is 10.1. The summed E-state index contributed by atoms with van der Waals surface area (Å²) >= 11 is 6.11. The fourth-order valence-corrected chi connectivity index (χ4v) is 2.06. The zero-order chi connectivity index (χ0) is 15.0. The average Bonchev–Trinajstić information content (AvgIpc) is 2.93. The quantitative estimate of drug-likeness (QED) is 0.739. The van der Waals surface area contributed by atoms with Crippen LogP contribution in [0.4, 0.5) is 14.5 Å². The Labute approximate surface area is 123 Å². The fraction of sp³-hybridized carbons (Fsp3) is 0. The van der Waals surface area contributed by atoms with Gasteiger partial charge in [0.1, 0.15) is 0 Å². The molecule has 3 aromatic rings. The summed E-state index contributed by atoms with van der Waals surface area (Å²) in [6.07, 6.45) is 0. The molecule has 1 aromatic heterocycles. The number of anilines is 1. The monoisotopic (exact) mass is 307 g/mol. The van der Waals surface area contributed by atoms with Crippen molar-refractivity contribution in [3.8, 4) is 17.1 Å². The van der Waals surface area contributed by atoms with Crippen molar-refractivity contribution >= 4 is 17.3 Å². The minimum absolute atomic E-state index is 0.271. The summed E-state index contributed by atoms with van der Waals surface area (Å²) in [5, 5.41) is 11.6. The first kappa shape index (κ1) is 13.4. The van der Waals surface area contributed by atoms with Crippen LogP contribution in [0.3, 0.4) is 0 Å². The lowest BCUT2D eigenvalue weighted by Crippen LogP contribution is -2.02. The lowest BCUT2D eigenvalue weighted by molar-refractivity contribution is 0.507. The van der Waals surface area contributed by atoms with Crippen molar-refractivity contribution in [3.05, 3.63) is 53.1 Å². The number of nitrogen functional groups attached to an aromatic ring is 1. The molecule has 8 heteroatoms. The van der Waals surface area contributed by atoms with E-state index in [0.717, 1.165) is 12.1 Å². The summed E-state index contributed by atoms with van der Waals surface area (Å²) in [5.41, 5.74) is 6.96. The van der Waals surface area contributed by atoms with E-state index in [-0.39, 0.29) is 11.5 Å². The molecule has 0 unspecified atom stereocenters. The Kier molecular flexibility index (Phi) is 3.26. The molecule has 1 heterocycles. The molecule has 0 amide bonds. The summed E-state index contributed by atoms with van der Waals surface area (Å²) in [5.74, 6) is -1.67. The lowest BCUT2D eigenvalue weighted by Gasteiger charge is -2.07. The lowest BCUT2D eigenvalue weighted by atomic mass is 10.2. The molecule has 0 atom stereocenters. The molecule has 3 rings (SSSR count). The topological polar surface area (TPSA) is 69.6 Å². The van der Waals surface area contributed by atoms with Gasteiger partial charge in [0.25, 0.3) is 0 Å². The summed E-state index contributed by atoms with van der Waals surface area (Å²) in [6, 6.07) is 8.20. The number of hydrogen-bond acceptors (Lipinski definition) is 4. The average molecular weight is 308 g/mol. The van der Waals surface area contributed by atoms with Crippen molar-refractivity contribution in [2.24, 2.45) is 0 Å². The van der Waals surface area contributed by atoms with Gasteiger partial charge < -0.3 is 5.73 Å². The zero-order valence-electron chi connectivity index (χ0n) is 10.5. The van der Waals surface area contributed by atoms with Crippen LogP contribution in [0.15, 0.2) is 36.4 Å². The molecule has 0 fully saturated rings. The van der Waals surface area contributed by atoms with Gasteiger partial charge in [-0.1, -0.05) is 11.6 Å². The molecule has 0 radical (unpaired) electrons. The first-order valence-corrected chi connectivity index (χ1v) is 6.23. The van der Waals surface area contributed by atoms with E-state index in [2.05, 4.69) is 15.5 Å². The van der Waals surface area contributed by atoms with Crippen LogP contribution in [0.5, 0.6) is 0 Å². The fourth-order valence-electron chi connectivity index (χ4n) is 1.86. The number of halogens is 3.